The first kappa shape index (κ1) is 15.2. The maximum absolute atomic E-state index is 12.2. The Morgan fingerprint density at radius 2 is 2.09 bits per heavy atom. The van der Waals surface area contributed by atoms with E-state index in [-0.39, 0.29) is 17.7 Å². The van der Waals surface area contributed by atoms with Gasteiger partial charge in [0, 0.05) is 50.4 Å². The van der Waals surface area contributed by atoms with Gasteiger partial charge in [-0.25, -0.2) is 0 Å². The summed E-state index contributed by atoms with van der Waals surface area (Å²) in [6.07, 6.45) is 3.82. The molecular formula is C18H19N3O2. The van der Waals surface area contributed by atoms with Gasteiger partial charge in [-0.15, -0.1) is 0 Å². The number of hydrogen-bond donors (Lipinski definition) is 1. The van der Waals surface area contributed by atoms with Gasteiger partial charge in [0.1, 0.15) is 0 Å². The van der Waals surface area contributed by atoms with Crippen molar-refractivity contribution in [2.24, 2.45) is 0 Å². The van der Waals surface area contributed by atoms with Crippen LogP contribution in [0.5, 0.6) is 0 Å². The summed E-state index contributed by atoms with van der Waals surface area (Å²) in [6, 6.07) is 11.6. The first-order valence-electron chi connectivity index (χ1n) is 7.68. The average molecular weight is 309 g/mol. The molecule has 1 aliphatic heterocycles. The van der Waals surface area contributed by atoms with E-state index in [1.807, 2.05) is 36.4 Å². The van der Waals surface area contributed by atoms with Crippen LogP contribution in [0.2, 0.25) is 0 Å². The van der Waals surface area contributed by atoms with Crippen molar-refractivity contribution >= 4 is 17.5 Å². The summed E-state index contributed by atoms with van der Waals surface area (Å²) in [5, 5.41) is 2.92. The van der Waals surface area contributed by atoms with E-state index in [0.717, 1.165) is 16.8 Å². The Bertz CT molecular complexity index is 715. The maximum Gasteiger partial charge on any atom is 0.223 e. The molecule has 23 heavy (non-hydrogen) atoms. The topological polar surface area (TPSA) is 62.3 Å². The molecule has 1 aromatic carbocycles. The van der Waals surface area contributed by atoms with Gasteiger partial charge in [0.05, 0.1) is 0 Å². The number of fused-ring (bicyclic) bond motifs is 1. The third-order valence-electron chi connectivity index (χ3n) is 4.09. The van der Waals surface area contributed by atoms with Crippen LogP contribution in [-0.4, -0.2) is 23.3 Å². The first-order chi connectivity index (χ1) is 11.1. The lowest BCUT2D eigenvalue weighted by atomic mass is 9.97. The molecule has 1 aromatic heterocycles. The first-order valence-corrected chi connectivity index (χ1v) is 7.68. The van der Waals surface area contributed by atoms with Gasteiger partial charge >= 0.3 is 0 Å². The van der Waals surface area contributed by atoms with Crippen LogP contribution in [0, 0.1) is 0 Å². The highest BCUT2D eigenvalue weighted by Gasteiger charge is 2.31. The van der Waals surface area contributed by atoms with Gasteiger partial charge in [-0.1, -0.05) is 24.3 Å². The van der Waals surface area contributed by atoms with Crippen LogP contribution in [0.3, 0.4) is 0 Å². The van der Waals surface area contributed by atoms with Crippen molar-refractivity contribution in [1.29, 1.82) is 0 Å². The summed E-state index contributed by atoms with van der Waals surface area (Å²) < 4.78 is 0. The number of amides is 2. The highest BCUT2D eigenvalue weighted by molar-refractivity contribution is 5.94. The van der Waals surface area contributed by atoms with Crippen LogP contribution in [0.4, 0.5) is 5.69 Å². The molecule has 1 atom stereocenters. The van der Waals surface area contributed by atoms with Crippen molar-refractivity contribution in [2.45, 2.75) is 25.8 Å². The van der Waals surface area contributed by atoms with Gasteiger partial charge in [-0.2, -0.15) is 0 Å². The van der Waals surface area contributed by atoms with Gasteiger partial charge in [-0.05, 0) is 23.3 Å². The van der Waals surface area contributed by atoms with Crippen LogP contribution in [0.15, 0.2) is 48.8 Å². The van der Waals surface area contributed by atoms with Crippen LogP contribution < -0.4 is 10.2 Å². The van der Waals surface area contributed by atoms with Crippen molar-refractivity contribution in [2.75, 3.05) is 11.4 Å². The summed E-state index contributed by atoms with van der Waals surface area (Å²) in [5.74, 6) is 0.0405. The molecule has 2 aromatic rings. The molecule has 0 bridgehead atoms. The molecule has 2 heterocycles. The Balaban J connectivity index is 1.64. The number of carbonyl (C=O) groups is 2. The predicted molar refractivity (Wildman–Crippen MR) is 87.9 cm³/mol. The number of nitrogens with zero attached hydrogens (tertiary/aromatic N) is 2. The van der Waals surface area contributed by atoms with E-state index in [0.29, 0.717) is 19.5 Å². The highest BCUT2D eigenvalue weighted by atomic mass is 16.2. The number of nitrogens with one attached hydrogen (secondary N) is 1. The lowest BCUT2D eigenvalue weighted by molar-refractivity contribution is -0.122. The average Bonchev–Trinajstić information content (AvgIpc) is 2.93. The molecule has 5 nitrogen and oxygen atoms in total. The summed E-state index contributed by atoms with van der Waals surface area (Å²) in [5.41, 5.74) is 2.96. The lowest BCUT2D eigenvalue weighted by Gasteiger charge is -2.15. The molecule has 3 rings (SSSR count). The molecule has 0 aliphatic carbocycles. The number of pyridine rings is 1. The largest absolute Gasteiger partial charge is 0.352 e. The predicted octanol–water partition coefficient (Wildman–Crippen LogP) is 2.24. The van der Waals surface area contributed by atoms with Crippen LogP contribution in [0.1, 0.15) is 30.4 Å². The van der Waals surface area contributed by atoms with Crippen LogP contribution in [-0.2, 0) is 16.1 Å². The number of rotatable bonds is 4. The number of para-hydroxylation sites is 1. The molecular weight excluding hydrogens is 290 g/mol. The van der Waals surface area contributed by atoms with E-state index < -0.39 is 0 Å². The monoisotopic (exact) mass is 309 g/mol. The maximum atomic E-state index is 12.2. The second-order valence-electron chi connectivity index (χ2n) is 5.73. The minimum absolute atomic E-state index is 0.00992. The van der Waals surface area contributed by atoms with Crippen molar-refractivity contribution in [3.8, 4) is 0 Å². The molecule has 0 saturated carbocycles. The fraction of sp³-hybridized carbons (Fsp3) is 0.278. The Hall–Kier alpha value is -2.69. The SMILES string of the molecule is CC(=O)N1CC(CC(=O)NCc2cccnc2)c2ccccc21. The molecule has 1 aliphatic rings. The normalized spacial score (nSPS) is 16.0. The second-order valence-corrected chi connectivity index (χ2v) is 5.73. The van der Waals surface area contributed by atoms with Crippen molar-refractivity contribution in [3.63, 3.8) is 0 Å². The van der Waals surface area contributed by atoms with E-state index >= 15 is 0 Å². The van der Waals surface area contributed by atoms with Gasteiger partial charge < -0.3 is 10.2 Å². The summed E-state index contributed by atoms with van der Waals surface area (Å²) in [4.78, 5) is 29.8. The van der Waals surface area contributed by atoms with E-state index in [2.05, 4.69) is 10.3 Å². The quantitative estimate of drug-likeness (QED) is 0.942. The molecule has 1 unspecified atom stereocenters. The molecule has 0 fully saturated rings. The smallest absolute Gasteiger partial charge is 0.223 e. The van der Waals surface area contributed by atoms with Gasteiger partial charge in [0.15, 0.2) is 0 Å². The fourth-order valence-corrected chi connectivity index (χ4v) is 2.97. The van der Waals surface area contributed by atoms with Crippen LogP contribution >= 0.6 is 0 Å². The van der Waals surface area contributed by atoms with Gasteiger partial charge in [0.25, 0.3) is 0 Å². The Kier molecular flexibility index (Phi) is 4.37. The highest BCUT2D eigenvalue weighted by Crippen LogP contribution is 2.37. The molecule has 118 valence electrons. The molecule has 2 amide bonds. The number of anilines is 1. The molecule has 0 radical (unpaired) electrons. The summed E-state index contributed by atoms with van der Waals surface area (Å²) in [6.45, 7) is 2.59. The van der Waals surface area contributed by atoms with Crippen molar-refractivity contribution < 1.29 is 9.59 Å². The zero-order chi connectivity index (χ0) is 16.2. The molecule has 0 saturated heterocycles. The van der Waals surface area contributed by atoms with Crippen molar-refractivity contribution in [1.82, 2.24) is 10.3 Å². The minimum Gasteiger partial charge on any atom is -0.352 e. The molecule has 5 heteroatoms. The van der Waals surface area contributed by atoms with E-state index in [4.69, 9.17) is 0 Å². The van der Waals surface area contributed by atoms with E-state index in [9.17, 15) is 9.59 Å². The number of aromatic nitrogens is 1. The minimum atomic E-state index is -0.0148. The summed E-state index contributed by atoms with van der Waals surface area (Å²) in [7, 11) is 0. The summed E-state index contributed by atoms with van der Waals surface area (Å²) >= 11 is 0. The zero-order valence-corrected chi connectivity index (χ0v) is 13.0. The Labute approximate surface area is 135 Å². The number of benzene rings is 1. The standard InChI is InChI=1S/C18H19N3O2/c1-13(22)21-12-15(16-6-2-3-7-17(16)21)9-18(23)20-11-14-5-4-8-19-10-14/h2-8,10,15H,9,11-12H2,1H3,(H,20,23). The van der Waals surface area contributed by atoms with Crippen LogP contribution in [0.25, 0.3) is 0 Å². The van der Waals surface area contributed by atoms with E-state index in [1.54, 1.807) is 24.2 Å². The zero-order valence-electron chi connectivity index (χ0n) is 13.0. The number of carbonyl (C=O) groups excluding carboxylic acids is 2. The Morgan fingerprint density at radius 3 is 2.83 bits per heavy atom. The number of hydrogen-bond acceptors (Lipinski definition) is 3. The second kappa shape index (κ2) is 6.60. The Morgan fingerprint density at radius 1 is 1.26 bits per heavy atom. The van der Waals surface area contributed by atoms with E-state index in [1.165, 1.54) is 0 Å². The van der Waals surface area contributed by atoms with Gasteiger partial charge in [-0.3, -0.25) is 14.6 Å². The molecule has 0 spiro atoms. The fourth-order valence-electron chi connectivity index (χ4n) is 2.97. The molecule has 1 N–H and O–H groups in total. The van der Waals surface area contributed by atoms with Crippen molar-refractivity contribution in [3.05, 3.63) is 59.9 Å². The third-order valence-corrected chi connectivity index (χ3v) is 4.09. The lowest BCUT2D eigenvalue weighted by Crippen LogP contribution is -2.29. The van der Waals surface area contributed by atoms with Gasteiger partial charge in [0.2, 0.25) is 11.8 Å². The third kappa shape index (κ3) is 3.39.